The van der Waals surface area contributed by atoms with Gasteiger partial charge in [-0.25, -0.2) is 0 Å². The molecule has 0 aliphatic carbocycles. The van der Waals surface area contributed by atoms with Crippen molar-refractivity contribution < 1.29 is 0 Å². The predicted octanol–water partition coefficient (Wildman–Crippen LogP) is 3.51. The van der Waals surface area contributed by atoms with Gasteiger partial charge in [-0.3, -0.25) is 0 Å². The number of benzene rings is 1. The van der Waals surface area contributed by atoms with Gasteiger partial charge in [-0.15, -0.1) is 0 Å². The second-order valence-electron chi connectivity index (χ2n) is 3.60. The zero-order chi connectivity index (χ0) is 9.84. The molecule has 0 spiro atoms. The van der Waals surface area contributed by atoms with Crippen LogP contribution >= 0.6 is 15.9 Å². The minimum absolute atomic E-state index is 0.414. The van der Waals surface area contributed by atoms with Crippen LogP contribution in [-0.2, 0) is 0 Å². The molecule has 2 heteroatoms. The van der Waals surface area contributed by atoms with E-state index in [4.69, 9.17) is 0 Å². The zero-order valence-electron chi connectivity index (χ0n) is 8.34. The summed E-state index contributed by atoms with van der Waals surface area (Å²) in [6, 6.07) is 9.35. The van der Waals surface area contributed by atoms with Crippen LogP contribution < -0.4 is 5.32 Å². The highest BCUT2D eigenvalue weighted by Gasteiger charge is 2.05. The highest BCUT2D eigenvalue weighted by Crippen LogP contribution is 2.17. The molecule has 0 amide bonds. The molecule has 0 aliphatic heterocycles. The summed E-state index contributed by atoms with van der Waals surface area (Å²) in [7, 11) is 0. The maximum Gasteiger partial charge on any atom is 0.0294 e. The molecule has 1 unspecified atom stereocenters. The van der Waals surface area contributed by atoms with E-state index in [2.05, 4.69) is 60.2 Å². The van der Waals surface area contributed by atoms with Gasteiger partial charge in [0.2, 0.25) is 0 Å². The van der Waals surface area contributed by atoms with E-state index in [0.717, 1.165) is 4.47 Å². The van der Waals surface area contributed by atoms with Crippen molar-refractivity contribution in [3.05, 3.63) is 34.3 Å². The minimum Gasteiger partial charge on any atom is -0.308 e. The van der Waals surface area contributed by atoms with Crippen LogP contribution in [0.2, 0.25) is 0 Å². The summed E-state index contributed by atoms with van der Waals surface area (Å²) in [6.45, 7) is 6.50. The number of nitrogens with one attached hydrogen (secondary N) is 1. The summed E-state index contributed by atoms with van der Waals surface area (Å²) in [5, 5.41) is 3.47. The number of rotatable bonds is 3. The molecule has 1 atom stereocenters. The average molecular weight is 242 g/mol. The van der Waals surface area contributed by atoms with Gasteiger partial charge in [-0.2, -0.15) is 0 Å². The number of hydrogen-bond donors (Lipinski definition) is 1. The first-order valence-electron chi connectivity index (χ1n) is 4.61. The third-order valence-corrected chi connectivity index (χ3v) is 2.43. The SMILES string of the molecule is CC(C)NC(C)c1cccc(Br)c1. The molecule has 0 bridgehead atoms. The number of halogens is 1. The maximum absolute atomic E-state index is 3.47. The quantitative estimate of drug-likeness (QED) is 0.855. The van der Waals surface area contributed by atoms with Crippen molar-refractivity contribution in [3.8, 4) is 0 Å². The Bertz CT molecular complexity index is 271. The summed E-state index contributed by atoms with van der Waals surface area (Å²) in [5.41, 5.74) is 1.32. The van der Waals surface area contributed by atoms with Crippen LogP contribution in [0.5, 0.6) is 0 Å². The van der Waals surface area contributed by atoms with Gasteiger partial charge in [-0.05, 0) is 24.6 Å². The van der Waals surface area contributed by atoms with Gasteiger partial charge in [0, 0.05) is 16.6 Å². The van der Waals surface area contributed by atoms with Crippen molar-refractivity contribution in [2.24, 2.45) is 0 Å². The maximum atomic E-state index is 3.47. The molecule has 0 aromatic heterocycles. The van der Waals surface area contributed by atoms with Crippen LogP contribution in [-0.4, -0.2) is 6.04 Å². The van der Waals surface area contributed by atoms with Crippen LogP contribution in [0.3, 0.4) is 0 Å². The lowest BCUT2D eigenvalue weighted by Crippen LogP contribution is -2.25. The molecule has 0 fully saturated rings. The fraction of sp³-hybridized carbons (Fsp3) is 0.455. The number of hydrogen-bond acceptors (Lipinski definition) is 1. The first-order valence-corrected chi connectivity index (χ1v) is 5.40. The molecule has 72 valence electrons. The van der Waals surface area contributed by atoms with Gasteiger partial charge in [0.1, 0.15) is 0 Å². The monoisotopic (exact) mass is 241 g/mol. The van der Waals surface area contributed by atoms with Crippen LogP contribution in [0.15, 0.2) is 28.7 Å². The Balaban J connectivity index is 2.71. The van der Waals surface area contributed by atoms with Crippen molar-refractivity contribution in [1.29, 1.82) is 0 Å². The second kappa shape index (κ2) is 4.77. The molecule has 1 aromatic rings. The molecule has 1 rings (SSSR count). The Morgan fingerprint density at radius 1 is 1.23 bits per heavy atom. The first kappa shape index (κ1) is 10.7. The fourth-order valence-electron chi connectivity index (χ4n) is 1.37. The summed E-state index contributed by atoms with van der Waals surface area (Å²) in [6.07, 6.45) is 0. The standard InChI is InChI=1S/C11H16BrN/c1-8(2)13-9(3)10-5-4-6-11(12)7-10/h4-9,13H,1-3H3. The van der Waals surface area contributed by atoms with Crippen molar-refractivity contribution in [1.82, 2.24) is 5.32 Å². The van der Waals surface area contributed by atoms with Crippen molar-refractivity contribution >= 4 is 15.9 Å². The normalized spacial score (nSPS) is 13.3. The van der Waals surface area contributed by atoms with E-state index in [1.54, 1.807) is 0 Å². The van der Waals surface area contributed by atoms with Crippen molar-refractivity contribution in [2.75, 3.05) is 0 Å². The second-order valence-corrected chi connectivity index (χ2v) is 4.51. The summed E-state index contributed by atoms with van der Waals surface area (Å²) >= 11 is 3.47. The van der Waals surface area contributed by atoms with E-state index in [-0.39, 0.29) is 0 Å². The third-order valence-electron chi connectivity index (χ3n) is 1.93. The summed E-state index contributed by atoms with van der Waals surface area (Å²) in [5.74, 6) is 0. The molecular formula is C11H16BrN. The van der Waals surface area contributed by atoms with Gasteiger partial charge in [0.15, 0.2) is 0 Å². The van der Waals surface area contributed by atoms with Crippen molar-refractivity contribution in [2.45, 2.75) is 32.9 Å². The Hall–Kier alpha value is -0.340. The molecule has 0 aliphatic rings. The van der Waals surface area contributed by atoms with E-state index in [1.807, 2.05) is 6.07 Å². The van der Waals surface area contributed by atoms with Crippen LogP contribution in [0.25, 0.3) is 0 Å². The lowest BCUT2D eigenvalue weighted by atomic mass is 10.1. The molecule has 0 heterocycles. The largest absolute Gasteiger partial charge is 0.308 e. The fourth-order valence-corrected chi connectivity index (χ4v) is 1.79. The predicted molar refractivity (Wildman–Crippen MR) is 60.8 cm³/mol. The zero-order valence-corrected chi connectivity index (χ0v) is 9.93. The Morgan fingerprint density at radius 3 is 2.46 bits per heavy atom. The Morgan fingerprint density at radius 2 is 1.92 bits per heavy atom. The molecule has 0 saturated carbocycles. The molecule has 1 N–H and O–H groups in total. The van der Waals surface area contributed by atoms with Gasteiger partial charge in [0.25, 0.3) is 0 Å². The lowest BCUT2D eigenvalue weighted by molar-refractivity contribution is 0.506. The molecule has 0 radical (unpaired) electrons. The van der Waals surface area contributed by atoms with Crippen molar-refractivity contribution in [3.63, 3.8) is 0 Å². The minimum atomic E-state index is 0.414. The lowest BCUT2D eigenvalue weighted by Gasteiger charge is -2.17. The highest BCUT2D eigenvalue weighted by molar-refractivity contribution is 9.10. The highest BCUT2D eigenvalue weighted by atomic mass is 79.9. The van der Waals surface area contributed by atoms with E-state index >= 15 is 0 Å². The van der Waals surface area contributed by atoms with E-state index in [1.165, 1.54) is 5.56 Å². The van der Waals surface area contributed by atoms with Crippen LogP contribution in [0, 0.1) is 0 Å². The van der Waals surface area contributed by atoms with Gasteiger partial charge < -0.3 is 5.32 Å². The van der Waals surface area contributed by atoms with Gasteiger partial charge in [0.05, 0.1) is 0 Å². The van der Waals surface area contributed by atoms with E-state index < -0.39 is 0 Å². The summed E-state index contributed by atoms with van der Waals surface area (Å²) in [4.78, 5) is 0. The topological polar surface area (TPSA) is 12.0 Å². The molecule has 13 heavy (non-hydrogen) atoms. The first-order chi connectivity index (χ1) is 6.09. The van der Waals surface area contributed by atoms with Crippen LogP contribution in [0.1, 0.15) is 32.4 Å². The molecule has 1 nitrogen and oxygen atoms in total. The Kier molecular flexibility index (Phi) is 3.94. The molecule has 0 saturated heterocycles. The van der Waals surface area contributed by atoms with Crippen LogP contribution in [0.4, 0.5) is 0 Å². The smallest absolute Gasteiger partial charge is 0.0294 e. The molecule has 1 aromatic carbocycles. The third kappa shape index (κ3) is 3.49. The Labute approximate surface area is 88.7 Å². The van der Waals surface area contributed by atoms with E-state index in [9.17, 15) is 0 Å². The van der Waals surface area contributed by atoms with Gasteiger partial charge >= 0.3 is 0 Å². The van der Waals surface area contributed by atoms with E-state index in [0.29, 0.717) is 12.1 Å². The molecular weight excluding hydrogens is 226 g/mol. The van der Waals surface area contributed by atoms with Gasteiger partial charge in [-0.1, -0.05) is 41.9 Å². The summed E-state index contributed by atoms with van der Waals surface area (Å²) < 4.78 is 1.14. The average Bonchev–Trinajstić information content (AvgIpc) is 2.03.